The van der Waals surface area contributed by atoms with Gasteiger partial charge in [-0.2, -0.15) is 0 Å². The van der Waals surface area contributed by atoms with Gasteiger partial charge in [-0.15, -0.1) is 0 Å². The van der Waals surface area contributed by atoms with E-state index in [1.807, 2.05) is 42.5 Å². The highest BCUT2D eigenvalue weighted by molar-refractivity contribution is 6.31. The molecule has 0 bridgehead atoms. The third kappa shape index (κ3) is 6.43. The van der Waals surface area contributed by atoms with E-state index in [-0.39, 0.29) is 31.9 Å². The third-order valence-electron chi connectivity index (χ3n) is 6.09. The SMILES string of the molecule is O=C(NCCOCCOc1ccc(C(O)(c2ccccc2)c2ccccc2Cl)cc1)c1cc(O)c(O)c(O)c1. The van der Waals surface area contributed by atoms with E-state index in [0.29, 0.717) is 27.5 Å². The van der Waals surface area contributed by atoms with Gasteiger partial charge >= 0.3 is 0 Å². The third-order valence-corrected chi connectivity index (χ3v) is 6.42. The van der Waals surface area contributed by atoms with Crippen molar-refractivity contribution in [2.45, 2.75) is 5.60 Å². The molecule has 5 N–H and O–H groups in total. The van der Waals surface area contributed by atoms with Crippen LogP contribution in [-0.4, -0.2) is 52.7 Å². The summed E-state index contributed by atoms with van der Waals surface area (Å²) in [4.78, 5) is 12.1. The van der Waals surface area contributed by atoms with Crippen LogP contribution in [0.5, 0.6) is 23.0 Å². The Kier molecular flexibility index (Phi) is 8.93. The molecule has 9 heteroatoms. The minimum absolute atomic E-state index is 0.00304. The van der Waals surface area contributed by atoms with Crippen LogP contribution in [0.3, 0.4) is 0 Å². The maximum Gasteiger partial charge on any atom is 0.251 e. The van der Waals surface area contributed by atoms with Gasteiger partial charge in [-0.3, -0.25) is 4.79 Å². The first kappa shape index (κ1) is 27.8. The highest BCUT2D eigenvalue weighted by Crippen LogP contribution is 2.40. The van der Waals surface area contributed by atoms with Crippen LogP contribution in [0.4, 0.5) is 0 Å². The second-order valence-corrected chi connectivity index (χ2v) is 9.07. The summed E-state index contributed by atoms with van der Waals surface area (Å²) in [5.41, 5.74) is 0.445. The van der Waals surface area contributed by atoms with Crippen molar-refractivity contribution in [2.24, 2.45) is 0 Å². The van der Waals surface area contributed by atoms with Gasteiger partial charge in [-0.25, -0.2) is 0 Å². The minimum Gasteiger partial charge on any atom is -0.504 e. The minimum atomic E-state index is -1.46. The summed E-state index contributed by atoms with van der Waals surface area (Å²) < 4.78 is 11.2. The summed E-state index contributed by atoms with van der Waals surface area (Å²) in [6.07, 6.45) is 0. The standard InChI is InChI=1S/C30H28ClNO7/c31-25-9-5-4-8-24(25)30(37,21-6-2-1-3-7-21)22-10-12-23(13-11-22)39-17-16-38-15-14-32-29(36)20-18-26(33)28(35)27(34)19-20/h1-13,18-19,33-35,37H,14-17H2,(H,32,36). The van der Waals surface area contributed by atoms with Crippen LogP contribution >= 0.6 is 11.6 Å². The van der Waals surface area contributed by atoms with Gasteiger partial charge in [0.05, 0.1) is 13.2 Å². The number of rotatable bonds is 11. The predicted molar refractivity (Wildman–Crippen MR) is 147 cm³/mol. The molecule has 0 heterocycles. The molecule has 0 spiro atoms. The van der Waals surface area contributed by atoms with Crippen LogP contribution in [0.25, 0.3) is 0 Å². The molecule has 8 nitrogen and oxygen atoms in total. The van der Waals surface area contributed by atoms with Gasteiger partial charge in [-0.05, 0) is 41.5 Å². The van der Waals surface area contributed by atoms with E-state index in [4.69, 9.17) is 21.1 Å². The fourth-order valence-electron chi connectivity index (χ4n) is 4.10. The molecule has 0 fully saturated rings. The van der Waals surface area contributed by atoms with Crippen LogP contribution in [0, 0.1) is 0 Å². The summed E-state index contributed by atoms with van der Waals surface area (Å²) in [5, 5.41) is 43.4. The first-order chi connectivity index (χ1) is 18.8. The molecule has 0 radical (unpaired) electrons. The highest BCUT2D eigenvalue weighted by Gasteiger charge is 2.35. The zero-order chi connectivity index (χ0) is 27.8. The molecule has 0 saturated heterocycles. The predicted octanol–water partition coefficient (Wildman–Crippen LogP) is 4.57. The number of carbonyl (C=O) groups excluding carboxylic acids is 1. The fraction of sp³-hybridized carbons (Fsp3) is 0.167. The van der Waals surface area contributed by atoms with E-state index < -0.39 is 28.8 Å². The summed E-state index contributed by atoms with van der Waals surface area (Å²) in [7, 11) is 0. The topological polar surface area (TPSA) is 128 Å². The number of carbonyl (C=O) groups is 1. The molecule has 202 valence electrons. The van der Waals surface area contributed by atoms with Crippen LogP contribution in [-0.2, 0) is 10.3 Å². The number of halogens is 1. The molecule has 1 amide bonds. The average molecular weight is 550 g/mol. The van der Waals surface area contributed by atoms with Gasteiger partial charge in [0.2, 0.25) is 0 Å². The molecule has 0 aliphatic carbocycles. The van der Waals surface area contributed by atoms with E-state index >= 15 is 0 Å². The number of aromatic hydroxyl groups is 3. The molecule has 4 aromatic carbocycles. The van der Waals surface area contributed by atoms with Crippen LogP contribution in [0.1, 0.15) is 27.0 Å². The van der Waals surface area contributed by atoms with Crippen molar-refractivity contribution in [1.82, 2.24) is 5.32 Å². The van der Waals surface area contributed by atoms with E-state index in [1.54, 1.807) is 36.4 Å². The Morgan fingerprint density at radius 2 is 1.41 bits per heavy atom. The molecule has 1 unspecified atom stereocenters. The van der Waals surface area contributed by atoms with Crippen LogP contribution in [0.2, 0.25) is 5.02 Å². The van der Waals surface area contributed by atoms with Crippen LogP contribution in [0.15, 0.2) is 91.0 Å². The maximum absolute atomic E-state index is 12.1. The van der Waals surface area contributed by atoms with E-state index in [0.717, 1.165) is 12.1 Å². The summed E-state index contributed by atoms with van der Waals surface area (Å²) >= 11 is 6.48. The summed E-state index contributed by atoms with van der Waals surface area (Å²) in [6, 6.07) is 25.8. The van der Waals surface area contributed by atoms with Crippen molar-refractivity contribution in [3.05, 3.63) is 118 Å². The lowest BCUT2D eigenvalue weighted by atomic mass is 9.80. The number of aliphatic hydroxyl groups is 1. The molecular weight excluding hydrogens is 522 g/mol. The monoisotopic (exact) mass is 549 g/mol. The van der Waals surface area contributed by atoms with Crippen molar-refractivity contribution in [3.8, 4) is 23.0 Å². The molecule has 4 rings (SSSR count). The van der Waals surface area contributed by atoms with Crippen molar-refractivity contribution in [3.63, 3.8) is 0 Å². The number of phenols is 3. The Morgan fingerprint density at radius 3 is 2.08 bits per heavy atom. The van der Waals surface area contributed by atoms with E-state index in [1.165, 1.54) is 0 Å². The Hall–Kier alpha value is -4.24. The first-order valence-electron chi connectivity index (χ1n) is 12.2. The Balaban J connectivity index is 1.28. The molecule has 0 aromatic heterocycles. The van der Waals surface area contributed by atoms with Gasteiger partial charge in [0.15, 0.2) is 17.2 Å². The molecule has 0 aliphatic heterocycles. The number of benzene rings is 4. The zero-order valence-electron chi connectivity index (χ0n) is 20.9. The first-order valence-corrected chi connectivity index (χ1v) is 12.6. The van der Waals surface area contributed by atoms with Crippen molar-refractivity contribution in [1.29, 1.82) is 0 Å². The van der Waals surface area contributed by atoms with Gasteiger partial charge < -0.3 is 35.2 Å². The zero-order valence-corrected chi connectivity index (χ0v) is 21.6. The summed E-state index contributed by atoms with van der Waals surface area (Å²) in [6.45, 7) is 0.939. The molecule has 4 aromatic rings. The quantitative estimate of drug-likeness (QED) is 0.105. The average Bonchev–Trinajstić information content (AvgIpc) is 2.95. The lowest BCUT2D eigenvalue weighted by Crippen LogP contribution is -2.29. The van der Waals surface area contributed by atoms with Crippen molar-refractivity contribution < 1.29 is 34.7 Å². The number of phenolic OH excluding ortho intramolecular Hbond substituents is 3. The van der Waals surface area contributed by atoms with Crippen molar-refractivity contribution in [2.75, 3.05) is 26.4 Å². The van der Waals surface area contributed by atoms with Gasteiger partial charge in [0.25, 0.3) is 5.91 Å². The Labute approximate surface area is 230 Å². The Bertz CT molecular complexity index is 1390. The normalized spacial score (nSPS) is 12.5. The second kappa shape index (κ2) is 12.5. The lowest BCUT2D eigenvalue weighted by Gasteiger charge is -2.31. The molecule has 1 atom stereocenters. The molecular formula is C30H28ClNO7. The molecule has 39 heavy (non-hydrogen) atoms. The highest BCUT2D eigenvalue weighted by atomic mass is 35.5. The van der Waals surface area contributed by atoms with Gasteiger partial charge in [0.1, 0.15) is 18.0 Å². The summed E-state index contributed by atoms with van der Waals surface area (Å²) in [5.74, 6) is -1.80. The number of amides is 1. The number of nitrogens with one attached hydrogen (secondary N) is 1. The van der Waals surface area contributed by atoms with Gasteiger partial charge in [0, 0.05) is 22.7 Å². The van der Waals surface area contributed by atoms with Crippen LogP contribution < -0.4 is 10.1 Å². The second-order valence-electron chi connectivity index (χ2n) is 8.66. The molecule has 0 aliphatic rings. The van der Waals surface area contributed by atoms with E-state index in [9.17, 15) is 25.2 Å². The van der Waals surface area contributed by atoms with E-state index in [2.05, 4.69) is 5.32 Å². The molecule has 0 saturated carbocycles. The van der Waals surface area contributed by atoms with Gasteiger partial charge in [-0.1, -0.05) is 72.3 Å². The maximum atomic E-state index is 12.1. The number of ether oxygens (including phenoxy) is 2. The Morgan fingerprint density at radius 1 is 0.795 bits per heavy atom. The largest absolute Gasteiger partial charge is 0.504 e. The van der Waals surface area contributed by atoms with Crippen molar-refractivity contribution >= 4 is 17.5 Å². The smallest absolute Gasteiger partial charge is 0.251 e. The lowest BCUT2D eigenvalue weighted by molar-refractivity contribution is 0.0866. The number of hydrogen-bond donors (Lipinski definition) is 5. The fourth-order valence-corrected chi connectivity index (χ4v) is 4.37. The number of hydrogen-bond acceptors (Lipinski definition) is 7.